The van der Waals surface area contributed by atoms with Crippen molar-refractivity contribution in [3.05, 3.63) is 58.1 Å². The predicted molar refractivity (Wildman–Crippen MR) is 82.8 cm³/mol. The number of benzene rings is 2. The molecule has 0 bridgehead atoms. The summed E-state index contributed by atoms with van der Waals surface area (Å²) >= 11 is 6.27. The van der Waals surface area contributed by atoms with Gasteiger partial charge in [-0.1, -0.05) is 29.8 Å². The fraction of sp³-hybridized carbons (Fsp3) is 0.188. The molecule has 0 saturated carbocycles. The number of hydrogen-bond donors (Lipinski definition) is 2. The summed E-state index contributed by atoms with van der Waals surface area (Å²) in [4.78, 5) is 11.4. The van der Waals surface area contributed by atoms with Gasteiger partial charge in [-0.05, 0) is 41.8 Å². The van der Waals surface area contributed by atoms with Crippen molar-refractivity contribution in [2.24, 2.45) is 5.73 Å². The number of nitrogens with two attached hydrogens (primary N) is 1. The van der Waals surface area contributed by atoms with Crippen LogP contribution in [0.15, 0.2) is 36.4 Å². The van der Waals surface area contributed by atoms with E-state index in [-0.39, 0.29) is 18.6 Å². The summed E-state index contributed by atoms with van der Waals surface area (Å²) in [5.74, 6) is 0.488. The maximum absolute atomic E-state index is 11.4. The monoisotopic (exact) mass is 302 g/mol. The summed E-state index contributed by atoms with van der Waals surface area (Å²) in [7, 11) is 0. The first-order valence-electron chi connectivity index (χ1n) is 6.63. The number of halogens is 1. The minimum absolute atomic E-state index is 0.0438. The number of ether oxygens (including phenoxy) is 1. The molecule has 1 aliphatic heterocycles. The largest absolute Gasteiger partial charge is 0.482 e. The van der Waals surface area contributed by atoms with Gasteiger partial charge in [0.1, 0.15) is 5.75 Å². The van der Waals surface area contributed by atoms with E-state index in [1.807, 2.05) is 43.3 Å². The fourth-order valence-corrected chi connectivity index (χ4v) is 2.71. The van der Waals surface area contributed by atoms with E-state index in [1.165, 1.54) is 0 Å². The van der Waals surface area contributed by atoms with E-state index in [9.17, 15) is 4.79 Å². The highest BCUT2D eigenvalue weighted by Crippen LogP contribution is 2.33. The maximum atomic E-state index is 11.4. The number of fused-ring (bicyclic) bond motifs is 1. The fourth-order valence-electron chi connectivity index (χ4n) is 2.36. The number of aryl methyl sites for hydroxylation is 1. The van der Waals surface area contributed by atoms with E-state index >= 15 is 0 Å². The zero-order chi connectivity index (χ0) is 15.0. The van der Waals surface area contributed by atoms with Crippen molar-refractivity contribution in [3.63, 3.8) is 0 Å². The van der Waals surface area contributed by atoms with Gasteiger partial charge in [-0.25, -0.2) is 0 Å². The second-order valence-corrected chi connectivity index (χ2v) is 5.50. The van der Waals surface area contributed by atoms with Gasteiger partial charge in [0.15, 0.2) is 6.61 Å². The van der Waals surface area contributed by atoms with E-state index in [4.69, 9.17) is 22.1 Å². The van der Waals surface area contributed by atoms with Crippen LogP contribution < -0.4 is 15.8 Å². The lowest BCUT2D eigenvalue weighted by atomic mass is 9.97. The van der Waals surface area contributed by atoms with Gasteiger partial charge in [-0.2, -0.15) is 0 Å². The molecule has 0 saturated heterocycles. The van der Waals surface area contributed by atoms with Crippen molar-refractivity contribution < 1.29 is 9.53 Å². The summed E-state index contributed by atoms with van der Waals surface area (Å²) in [6.45, 7) is 2.02. The Morgan fingerprint density at radius 2 is 2.10 bits per heavy atom. The standard InChI is InChI=1S/C16H15ClN2O2/c1-9-2-4-11(12(17)6-9)16(18)10-3-5-14-13(7-10)19-15(20)8-21-14/h2-7,16H,8,18H2,1H3,(H,19,20). The van der Waals surface area contributed by atoms with Gasteiger partial charge < -0.3 is 15.8 Å². The van der Waals surface area contributed by atoms with Gasteiger partial charge in [0.2, 0.25) is 0 Å². The van der Waals surface area contributed by atoms with Crippen LogP contribution in [-0.4, -0.2) is 12.5 Å². The predicted octanol–water partition coefficient (Wildman–Crippen LogP) is 3.03. The van der Waals surface area contributed by atoms with Gasteiger partial charge in [0, 0.05) is 5.02 Å². The number of carbonyl (C=O) groups excluding carboxylic acids is 1. The van der Waals surface area contributed by atoms with Crippen molar-refractivity contribution in [2.45, 2.75) is 13.0 Å². The van der Waals surface area contributed by atoms with E-state index < -0.39 is 0 Å². The molecular weight excluding hydrogens is 288 g/mol. The molecule has 1 atom stereocenters. The SMILES string of the molecule is Cc1ccc(C(N)c2ccc3c(c2)NC(=O)CO3)c(Cl)c1. The molecule has 0 fully saturated rings. The quantitative estimate of drug-likeness (QED) is 0.896. The second kappa shape index (κ2) is 5.39. The molecular formula is C16H15ClN2O2. The van der Waals surface area contributed by atoms with Gasteiger partial charge in [0.25, 0.3) is 5.91 Å². The smallest absolute Gasteiger partial charge is 0.262 e. The van der Waals surface area contributed by atoms with Gasteiger partial charge in [0.05, 0.1) is 11.7 Å². The van der Waals surface area contributed by atoms with Crippen molar-refractivity contribution >= 4 is 23.2 Å². The summed E-state index contributed by atoms with van der Waals surface area (Å²) in [6, 6.07) is 11.0. The maximum Gasteiger partial charge on any atom is 0.262 e. The molecule has 0 aliphatic carbocycles. The van der Waals surface area contributed by atoms with Gasteiger partial charge >= 0.3 is 0 Å². The van der Waals surface area contributed by atoms with Gasteiger partial charge in [-0.15, -0.1) is 0 Å². The summed E-state index contributed by atoms with van der Waals surface area (Å²) in [5, 5.41) is 3.42. The summed E-state index contributed by atoms with van der Waals surface area (Å²) in [6.07, 6.45) is 0. The number of carbonyl (C=O) groups is 1. The molecule has 3 rings (SSSR count). The summed E-state index contributed by atoms with van der Waals surface area (Å²) in [5.41, 5.74) is 9.74. The molecule has 0 aromatic heterocycles. The van der Waals surface area contributed by atoms with Crippen molar-refractivity contribution in [2.75, 3.05) is 11.9 Å². The Morgan fingerprint density at radius 3 is 2.86 bits per heavy atom. The average molecular weight is 303 g/mol. The van der Waals surface area contributed by atoms with E-state index in [1.54, 1.807) is 0 Å². The highest BCUT2D eigenvalue weighted by atomic mass is 35.5. The zero-order valence-electron chi connectivity index (χ0n) is 11.5. The molecule has 108 valence electrons. The van der Waals surface area contributed by atoms with Crippen LogP contribution in [0.1, 0.15) is 22.7 Å². The topological polar surface area (TPSA) is 64.3 Å². The Bertz CT molecular complexity index is 715. The van der Waals surface area contributed by atoms with Crippen LogP contribution >= 0.6 is 11.6 Å². The van der Waals surface area contributed by atoms with Crippen LogP contribution in [0.25, 0.3) is 0 Å². The van der Waals surface area contributed by atoms with Gasteiger partial charge in [-0.3, -0.25) is 4.79 Å². The Labute approximate surface area is 127 Å². The third kappa shape index (κ3) is 2.73. The van der Waals surface area contributed by atoms with Crippen LogP contribution in [0, 0.1) is 6.92 Å². The second-order valence-electron chi connectivity index (χ2n) is 5.10. The molecule has 21 heavy (non-hydrogen) atoms. The van der Waals surface area contributed by atoms with Crippen LogP contribution in [-0.2, 0) is 4.79 Å². The Balaban J connectivity index is 1.96. The Hall–Kier alpha value is -2.04. The third-order valence-electron chi connectivity index (χ3n) is 3.49. The molecule has 2 aromatic rings. The van der Waals surface area contributed by atoms with Crippen molar-refractivity contribution in [3.8, 4) is 5.75 Å². The molecule has 1 heterocycles. The van der Waals surface area contributed by atoms with Crippen LogP contribution in [0.3, 0.4) is 0 Å². The van der Waals surface area contributed by atoms with Crippen molar-refractivity contribution in [1.82, 2.24) is 0 Å². The van der Waals surface area contributed by atoms with Crippen LogP contribution in [0.2, 0.25) is 5.02 Å². The number of hydrogen-bond acceptors (Lipinski definition) is 3. The Kier molecular flexibility index (Phi) is 3.57. The van der Waals surface area contributed by atoms with Crippen LogP contribution in [0.4, 0.5) is 5.69 Å². The van der Waals surface area contributed by atoms with E-state index in [0.29, 0.717) is 16.5 Å². The van der Waals surface area contributed by atoms with Crippen molar-refractivity contribution in [1.29, 1.82) is 0 Å². The lowest BCUT2D eigenvalue weighted by Gasteiger charge is -2.21. The Morgan fingerprint density at radius 1 is 1.29 bits per heavy atom. The van der Waals surface area contributed by atoms with E-state index in [2.05, 4.69) is 5.32 Å². The number of rotatable bonds is 2. The molecule has 5 heteroatoms. The molecule has 0 radical (unpaired) electrons. The van der Waals surface area contributed by atoms with Crippen LogP contribution in [0.5, 0.6) is 5.75 Å². The normalized spacial score (nSPS) is 14.9. The first-order valence-corrected chi connectivity index (χ1v) is 7.00. The molecule has 3 N–H and O–H groups in total. The zero-order valence-corrected chi connectivity index (χ0v) is 12.3. The molecule has 2 aromatic carbocycles. The van der Waals surface area contributed by atoms with E-state index in [0.717, 1.165) is 16.7 Å². The first kappa shape index (κ1) is 13.9. The first-order chi connectivity index (χ1) is 10.0. The third-order valence-corrected chi connectivity index (χ3v) is 3.81. The minimum Gasteiger partial charge on any atom is -0.482 e. The molecule has 1 amide bonds. The molecule has 1 aliphatic rings. The number of anilines is 1. The molecule has 0 spiro atoms. The highest BCUT2D eigenvalue weighted by molar-refractivity contribution is 6.31. The average Bonchev–Trinajstić information content (AvgIpc) is 2.46. The summed E-state index contributed by atoms with van der Waals surface area (Å²) < 4.78 is 5.34. The molecule has 4 nitrogen and oxygen atoms in total. The minimum atomic E-state index is -0.359. The highest BCUT2D eigenvalue weighted by Gasteiger charge is 2.19. The number of amides is 1. The molecule has 1 unspecified atom stereocenters. The lowest BCUT2D eigenvalue weighted by Crippen LogP contribution is -2.25. The lowest BCUT2D eigenvalue weighted by molar-refractivity contribution is -0.118. The number of nitrogens with one attached hydrogen (secondary N) is 1.